The summed E-state index contributed by atoms with van der Waals surface area (Å²) in [6.07, 6.45) is 7.58. The first-order chi connectivity index (χ1) is 11.9. The average molecular weight is 361 g/mol. The number of aliphatic carboxylic acids is 1. The fourth-order valence-electron chi connectivity index (χ4n) is 3.50. The third-order valence-corrected chi connectivity index (χ3v) is 5.98. The molecule has 0 heterocycles. The van der Waals surface area contributed by atoms with Gasteiger partial charge in [0.1, 0.15) is 6.61 Å². The van der Waals surface area contributed by atoms with Crippen LogP contribution in [0, 0.1) is 11.8 Å². The molecule has 3 aliphatic rings. The molecule has 25 heavy (non-hydrogen) atoms. The van der Waals surface area contributed by atoms with Crippen LogP contribution in [0.1, 0.15) is 6.42 Å². The number of carbonyl (C=O) groups is 1. The fraction of sp³-hybridized carbons (Fsp3) is 0.278. The minimum Gasteiger partial charge on any atom is -0.480 e. The van der Waals surface area contributed by atoms with Crippen molar-refractivity contribution in [3.8, 4) is 0 Å². The number of carboxylic acid groups (broad SMARTS) is 1. The number of carboxylic acids is 1. The predicted octanol–water partition coefficient (Wildman–Crippen LogP) is 1.47. The average Bonchev–Trinajstić information content (AvgIpc) is 3.29. The fourth-order valence-corrected chi connectivity index (χ4v) is 4.61. The van der Waals surface area contributed by atoms with Gasteiger partial charge in [-0.1, -0.05) is 36.4 Å². The van der Waals surface area contributed by atoms with E-state index in [1.54, 1.807) is 24.3 Å². The molecule has 0 saturated carbocycles. The van der Waals surface area contributed by atoms with Crippen LogP contribution >= 0.6 is 0 Å². The van der Waals surface area contributed by atoms with Crippen LogP contribution in [0.5, 0.6) is 0 Å². The molecule has 0 fully saturated rings. The van der Waals surface area contributed by atoms with E-state index in [1.165, 1.54) is 16.7 Å². The van der Waals surface area contributed by atoms with E-state index >= 15 is 0 Å². The van der Waals surface area contributed by atoms with Crippen molar-refractivity contribution in [1.82, 2.24) is 4.72 Å². The highest BCUT2D eigenvalue weighted by molar-refractivity contribution is 7.89. The molecule has 132 valence electrons. The molecular formula is C18H19NO5S. The van der Waals surface area contributed by atoms with E-state index < -0.39 is 22.6 Å². The highest BCUT2D eigenvalue weighted by Crippen LogP contribution is 2.52. The van der Waals surface area contributed by atoms with Crippen LogP contribution in [0.2, 0.25) is 0 Å². The quantitative estimate of drug-likeness (QED) is 0.737. The molecule has 3 N–H and O–H groups in total. The van der Waals surface area contributed by atoms with Crippen LogP contribution in [0.4, 0.5) is 0 Å². The highest BCUT2D eigenvalue weighted by atomic mass is 32.2. The number of benzene rings is 1. The summed E-state index contributed by atoms with van der Waals surface area (Å²) in [5.41, 5.74) is 4.16. The van der Waals surface area contributed by atoms with Crippen molar-refractivity contribution in [3.05, 3.63) is 65.3 Å². The van der Waals surface area contributed by atoms with Gasteiger partial charge in [-0.05, 0) is 41.2 Å². The van der Waals surface area contributed by atoms with Crippen LogP contribution in [0.15, 0.2) is 70.2 Å². The maximum Gasteiger partial charge on any atom is 0.329 e. The monoisotopic (exact) mass is 361 g/mol. The van der Waals surface area contributed by atoms with Crippen molar-refractivity contribution in [3.63, 3.8) is 0 Å². The van der Waals surface area contributed by atoms with E-state index in [1.807, 2.05) is 6.07 Å². The second kappa shape index (κ2) is 6.95. The van der Waals surface area contributed by atoms with Gasteiger partial charge in [-0.25, -0.2) is 17.9 Å². The summed E-state index contributed by atoms with van der Waals surface area (Å²) in [6.45, 7) is -0.270. The number of aliphatic hydroxyl groups is 1. The Morgan fingerprint density at radius 3 is 2.44 bits per heavy atom. The lowest BCUT2D eigenvalue weighted by molar-refractivity contribution is -0.140. The van der Waals surface area contributed by atoms with E-state index in [0.29, 0.717) is 23.3 Å². The molecule has 2 atom stereocenters. The second-order valence-electron chi connectivity index (χ2n) is 6.12. The Morgan fingerprint density at radius 2 is 1.88 bits per heavy atom. The van der Waals surface area contributed by atoms with Gasteiger partial charge in [0.2, 0.25) is 10.0 Å². The molecule has 1 aromatic rings. The van der Waals surface area contributed by atoms with Gasteiger partial charge in [0, 0.05) is 12.5 Å². The molecule has 0 radical (unpaired) electrons. The Hall–Kier alpha value is -2.22. The topological polar surface area (TPSA) is 104 Å². The van der Waals surface area contributed by atoms with Crippen molar-refractivity contribution < 1.29 is 23.4 Å². The van der Waals surface area contributed by atoms with Crippen LogP contribution in [0.25, 0.3) is 0 Å². The lowest BCUT2D eigenvalue weighted by atomic mass is 9.86. The summed E-state index contributed by atoms with van der Waals surface area (Å²) in [7, 11) is -3.39. The zero-order chi connectivity index (χ0) is 18.0. The number of rotatable bonds is 5. The lowest BCUT2D eigenvalue weighted by Crippen LogP contribution is -2.32. The van der Waals surface area contributed by atoms with Crippen molar-refractivity contribution in [1.29, 1.82) is 0 Å². The minimum atomic E-state index is -3.39. The highest BCUT2D eigenvalue weighted by Gasteiger charge is 2.41. The molecule has 6 nitrogen and oxygen atoms in total. The maximum absolute atomic E-state index is 12.2. The van der Waals surface area contributed by atoms with E-state index in [0.717, 1.165) is 6.42 Å². The summed E-state index contributed by atoms with van der Waals surface area (Å²) in [5.74, 6) is -0.387. The summed E-state index contributed by atoms with van der Waals surface area (Å²) in [5, 5.41) is 15.0. The summed E-state index contributed by atoms with van der Waals surface area (Å²) in [6, 6.07) is 8.55. The Bertz CT molecular complexity index is 868. The number of allylic oxidation sites excluding steroid dienone is 6. The Kier molecular flexibility index (Phi) is 4.89. The zero-order valence-electron chi connectivity index (χ0n) is 13.4. The van der Waals surface area contributed by atoms with Gasteiger partial charge in [-0.2, -0.15) is 0 Å². The Labute approximate surface area is 146 Å². The number of hydrogen-bond donors (Lipinski definition) is 3. The molecule has 0 aliphatic heterocycles. The Morgan fingerprint density at radius 1 is 1.20 bits per heavy atom. The third kappa shape index (κ3) is 3.58. The van der Waals surface area contributed by atoms with Gasteiger partial charge in [-0.15, -0.1) is 0 Å². The number of nitrogens with one attached hydrogen (secondary N) is 1. The molecule has 0 aromatic heterocycles. The summed E-state index contributed by atoms with van der Waals surface area (Å²) in [4.78, 5) is 9.45. The van der Waals surface area contributed by atoms with Gasteiger partial charge >= 0.3 is 5.97 Å². The Balaban J connectivity index is 0.000000324. The smallest absolute Gasteiger partial charge is 0.329 e. The van der Waals surface area contributed by atoms with E-state index in [2.05, 4.69) is 23.0 Å². The minimum absolute atomic E-state index is 0.337. The van der Waals surface area contributed by atoms with Crippen LogP contribution in [0.3, 0.4) is 0 Å². The second-order valence-corrected chi connectivity index (χ2v) is 7.88. The van der Waals surface area contributed by atoms with Gasteiger partial charge in [0.15, 0.2) is 0 Å². The molecule has 7 heteroatoms. The van der Waals surface area contributed by atoms with Crippen LogP contribution < -0.4 is 4.72 Å². The van der Waals surface area contributed by atoms with Crippen LogP contribution in [-0.2, 0) is 14.8 Å². The van der Waals surface area contributed by atoms with Crippen molar-refractivity contribution in [2.75, 3.05) is 13.2 Å². The first kappa shape index (κ1) is 17.6. The molecular weight excluding hydrogens is 342 g/mol. The third-order valence-electron chi connectivity index (χ3n) is 4.54. The summed E-state index contributed by atoms with van der Waals surface area (Å²) < 4.78 is 27.2. The standard InChI is InChI=1S/C16H15NO2S.C2H4O3/c18-20(19,14-4-2-1-3-5-14)17-10-13-9-12-8-11-6-7-15(12)16(11)13;3-1-2(4)5/h1-8,13,16-17H,9-10H2;3H,1H2,(H,4,5). The number of aliphatic hydroxyl groups excluding tert-OH is 1. The number of sulfonamides is 1. The van der Waals surface area contributed by atoms with Gasteiger partial charge in [-0.3, -0.25) is 0 Å². The number of hydrogen-bond acceptors (Lipinski definition) is 4. The summed E-state index contributed by atoms with van der Waals surface area (Å²) >= 11 is 0. The van der Waals surface area contributed by atoms with Gasteiger partial charge < -0.3 is 10.2 Å². The zero-order valence-corrected chi connectivity index (χ0v) is 14.2. The van der Waals surface area contributed by atoms with Gasteiger partial charge in [0.05, 0.1) is 4.90 Å². The molecule has 0 amide bonds. The largest absolute Gasteiger partial charge is 0.480 e. The molecule has 4 bridgehead atoms. The first-order valence-electron chi connectivity index (χ1n) is 7.92. The molecule has 0 saturated heterocycles. The molecule has 1 aromatic carbocycles. The first-order valence-corrected chi connectivity index (χ1v) is 9.41. The molecule has 3 aliphatic carbocycles. The molecule has 4 rings (SSSR count). The molecule has 2 unspecified atom stereocenters. The van der Waals surface area contributed by atoms with E-state index in [9.17, 15) is 8.42 Å². The maximum atomic E-state index is 12.2. The predicted molar refractivity (Wildman–Crippen MR) is 92.2 cm³/mol. The SMILES string of the molecule is O=C(O)CO.O=S(=O)(NCC1CC2=C3C=CC(=C2)C31)c1ccccc1. The molecule has 0 spiro atoms. The van der Waals surface area contributed by atoms with Crippen molar-refractivity contribution in [2.24, 2.45) is 11.8 Å². The van der Waals surface area contributed by atoms with Gasteiger partial charge in [0.25, 0.3) is 0 Å². The van der Waals surface area contributed by atoms with E-state index in [4.69, 9.17) is 15.0 Å². The van der Waals surface area contributed by atoms with Crippen molar-refractivity contribution in [2.45, 2.75) is 11.3 Å². The van der Waals surface area contributed by atoms with E-state index in [-0.39, 0.29) is 0 Å². The van der Waals surface area contributed by atoms with Crippen LogP contribution in [-0.4, -0.2) is 37.8 Å². The lowest BCUT2D eigenvalue weighted by Gasteiger charge is -2.22. The normalized spacial score (nSPS) is 22.7. The van der Waals surface area contributed by atoms with Crippen molar-refractivity contribution >= 4 is 16.0 Å².